The number of carbonyl (C=O) groups is 3. The number of hydrogen-bond donors (Lipinski definition) is 2. The zero-order valence-corrected chi connectivity index (χ0v) is 25.6. The van der Waals surface area contributed by atoms with Gasteiger partial charge in [0.25, 0.3) is 5.91 Å². The fraction of sp³-hybridized carbons (Fsp3) is 0.300. The van der Waals surface area contributed by atoms with Gasteiger partial charge in [0.15, 0.2) is 0 Å². The predicted octanol–water partition coefficient (Wildman–Crippen LogP) is 8.00. The van der Waals surface area contributed by atoms with Crippen molar-refractivity contribution in [2.45, 2.75) is 57.6 Å². The lowest BCUT2D eigenvalue weighted by Gasteiger charge is -2.21. The molecule has 1 atom stereocenters. The van der Waals surface area contributed by atoms with Gasteiger partial charge in [0.2, 0.25) is 0 Å². The first-order chi connectivity index (χ1) is 18.9. The van der Waals surface area contributed by atoms with E-state index in [1.165, 1.54) is 30.5 Å². The fourth-order valence-electron chi connectivity index (χ4n) is 3.52. The molecule has 0 heterocycles. The van der Waals surface area contributed by atoms with Crippen LogP contribution < -0.4 is 10.6 Å². The van der Waals surface area contributed by atoms with E-state index in [1.54, 1.807) is 71.9 Å². The van der Waals surface area contributed by atoms with E-state index in [0.29, 0.717) is 16.4 Å². The van der Waals surface area contributed by atoms with Gasteiger partial charge in [-0.15, -0.1) is 4.36 Å². The van der Waals surface area contributed by atoms with Crippen LogP contribution in [0, 0.1) is 0 Å². The standard InChI is InChI=1S/C30H34ClN3O6S/c1-29(2,3)39-27(36)33-24-17-12-21(19-8-13-22(31)14-9-19)18-25(24)32-26(35)20-10-15-23(16-11-20)41(7,38)34-28(37)40-30(4,5)6/h8-18H,1-7H3,(H,32,35)(H,33,36). The molecular weight excluding hydrogens is 566 g/mol. The first kappa shape index (κ1) is 31.6. The van der Waals surface area contributed by atoms with E-state index in [-0.39, 0.29) is 10.5 Å². The van der Waals surface area contributed by atoms with E-state index in [2.05, 4.69) is 15.0 Å². The summed E-state index contributed by atoms with van der Waals surface area (Å²) in [6, 6.07) is 18.3. The van der Waals surface area contributed by atoms with Gasteiger partial charge < -0.3 is 14.8 Å². The highest BCUT2D eigenvalue weighted by molar-refractivity contribution is 7.93. The van der Waals surface area contributed by atoms with Gasteiger partial charge in [0.05, 0.1) is 21.1 Å². The molecule has 41 heavy (non-hydrogen) atoms. The Morgan fingerprint density at radius 1 is 0.756 bits per heavy atom. The zero-order valence-electron chi connectivity index (χ0n) is 24.0. The molecule has 1 unspecified atom stereocenters. The molecule has 3 aromatic carbocycles. The van der Waals surface area contributed by atoms with Crippen LogP contribution in [-0.4, -0.2) is 39.8 Å². The van der Waals surface area contributed by atoms with Crippen molar-refractivity contribution in [3.8, 4) is 11.1 Å². The molecule has 0 fully saturated rings. The minimum Gasteiger partial charge on any atom is -0.444 e. The van der Waals surface area contributed by atoms with Gasteiger partial charge in [-0.25, -0.2) is 13.8 Å². The van der Waals surface area contributed by atoms with Crippen LogP contribution in [0.5, 0.6) is 0 Å². The molecule has 2 N–H and O–H groups in total. The molecule has 218 valence electrons. The van der Waals surface area contributed by atoms with E-state index in [0.717, 1.165) is 11.1 Å². The lowest BCUT2D eigenvalue weighted by atomic mass is 10.0. The van der Waals surface area contributed by atoms with Crippen LogP contribution in [0.25, 0.3) is 11.1 Å². The normalized spacial score (nSPS) is 13.0. The summed E-state index contributed by atoms with van der Waals surface area (Å²) in [7, 11) is -3.11. The van der Waals surface area contributed by atoms with Crippen LogP contribution in [0.2, 0.25) is 5.02 Å². The molecule has 11 heteroatoms. The number of carbonyl (C=O) groups excluding carboxylic acids is 3. The first-order valence-corrected chi connectivity index (χ1v) is 15.0. The van der Waals surface area contributed by atoms with Crippen molar-refractivity contribution in [3.05, 3.63) is 77.3 Å². The van der Waals surface area contributed by atoms with E-state index in [9.17, 15) is 18.6 Å². The molecule has 0 aromatic heterocycles. The number of nitrogens with zero attached hydrogens (tertiary/aromatic N) is 1. The van der Waals surface area contributed by atoms with Crippen LogP contribution >= 0.6 is 11.6 Å². The Hall–Kier alpha value is -3.89. The van der Waals surface area contributed by atoms with Crippen molar-refractivity contribution in [2.24, 2.45) is 4.36 Å². The van der Waals surface area contributed by atoms with Gasteiger partial charge in [0, 0.05) is 21.7 Å². The maximum Gasteiger partial charge on any atom is 0.442 e. The number of halogens is 1. The van der Waals surface area contributed by atoms with Crippen molar-refractivity contribution in [1.29, 1.82) is 0 Å². The van der Waals surface area contributed by atoms with Crippen molar-refractivity contribution in [1.82, 2.24) is 0 Å². The summed E-state index contributed by atoms with van der Waals surface area (Å²) in [5.41, 5.74) is 1.04. The largest absolute Gasteiger partial charge is 0.444 e. The van der Waals surface area contributed by atoms with Gasteiger partial charge >= 0.3 is 12.2 Å². The third-order valence-corrected chi connectivity index (χ3v) is 7.17. The molecular formula is C30H34ClN3O6S. The number of amides is 3. The summed E-state index contributed by atoms with van der Waals surface area (Å²) in [6.45, 7) is 10.3. The SMILES string of the molecule is CC(C)(C)OC(=O)N=S(C)(=O)c1ccc(C(=O)Nc2cc(-c3ccc(Cl)cc3)ccc2NC(=O)OC(C)(C)C)cc1. The van der Waals surface area contributed by atoms with E-state index in [1.807, 2.05) is 12.1 Å². The Labute approximate surface area is 245 Å². The van der Waals surface area contributed by atoms with Crippen molar-refractivity contribution in [2.75, 3.05) is 16.9 Å². The molecule has 0 aliphatic rings. The fourth-order valence-corrected chi connectivity index (χ4v) is 4.72. The third-order valence-electron chi connectivity index (χ3n) is 5.28. The maximum absolute atomic E-state index is 13.2. The topological polar surface area (TPSA) is 123 Å². The van der Waals surface area contributed by atoms with Crippen LogP contribution in [-0.2, 0) is 19.2 Å². The summed E-state index contributed by atoms with van der Waals surface area (Å²) < 4.78 is 27.3. The monoisotopic (exact) mass is 599 g/mol. The van der Waals surface area contributed by atoms with E-state index in [4.69, 9.17) is 21.1 Å². The highest BCUT2D eigenvalue weighted by Crippen LogP contribution is 2.31. The summed E-state index contributed by atoms with van der Waals surface area (Å²) in [6.07, 6.45) is -0.288. The molecule has 0 aliphatic carbocycles. The molecule has 0 radical (unpaired) electrons. The van der Waals surface area contributed by atoms with Crippen molar-refractivity contribution >= 4 is 50.8 Å². The summed E-state index contributed by atoms with van der Waals surface area (Å²) in [5, 5.41) is 6.10. The predicted molar refractivity (Wildman–Crippen MR) is 162 cm³/mol. The summed E-state index contributed by atoms with van der Waals surface area (Å²) >= 11 is 6.03. The maximum atomic E-state index is 13.2. The number of rotatable bonds is 5. The second-order valence-electron chi connectivity index (χ2n) is 11.2. The average Bonchev–Trinajstić information content (AvgIpc) is 2.83. The Morgan fingerprint density at radius 3 is 1.88 bits per heavy atom. The molecule has 9 nitrogen and oxygen atoms in total. The molecule has 0 saturated heterocycles. The molecule has 0 spiro atoms. The number of ether oxygens (including phenoxy) is 2. The first-order valence-electron chi connectivity index (χ1n) is 12.7. The second-order valence-corrected chi connectivity index (χ2v) is 13.9. The average molecular weight is 600 g/mol. The smallest absolute Gasteiger partial charge is 0.442 e. The second kappa shape index (κ2) is 12.3. The molecule has 3 rings (SSSR count). The Balaban J connectivity index is 1.89. The lowest BCUT2D eigenvalue weighted by Crippen LogP contribution is -2.27. The Kier molecular flexibility index (Phi) is 9.51. The van der Waals surface area contributed by atoms with Crippen LogP contribution in [0.4, 0.5) is 21.0 Å². The van der Waals surface area contributed by atoms with Crippen LogP contribution in [0.3, 0.4) is 0 Å². The quantitative estimate of drug-likeness (QED) is 0.306. The highest BCUT2D eigenvalue weighted by Gasteiger charge is 2.20. The number of nitrogens with one attached hydrogen (secondary N) is 2. The minimum absolute atomic E-state index is 0.251. The molecule has 0 aliphatic heterocycles. The minimum atomic E-state index is -3.11. The molecule has 0 saturated carbocycles. The van der Waals surface area contributed by atoms with Crippen LogP contribution in [0.1, 0.15) is 51.9 Å². The van der Waals surface area contributed by atoms with E-state index < -0.39 is 39.0 Å². The van der Waals surface area contributed by atoms with Gasteiger partial charge in [-0.3, -0.25) is 10.1 Å². The Bertz CT molecular complexity index is 1560. The number of benzene rings is 3. The van der Waals surface area contributed by atoms with Crippen molar-refractivity contribution in [3.63, 3.8) is 0 Å². The molecule has 3 amide bonds. The van der Waals surface area contributed by atoms with Gasteiger partial charge in [-0.2, -0.15) is 0 Å². The number of hydrogen-bond acceptors (Lipinski definition) is 6. The summed E-state index contributed by atoms with van der Waals surface area (Å²) in [5.74, 6) is -0.483. The number of anilines is 2. The summed E-state index contributed by atoms with van der Waals surface area (Å²) in [4.78, 5) is 38.1. The Morgan fingerprint density at radius 2 is 1.32 bits per heavy atom. The van der Waals surface area contributed by atoms with E-state index >= 15 is 0 Å². The lowest BCUT2D eigenvalue weighted by molar-refractivity contribution is 0.0603. The van der Waals surface area contributed by atoms with Crippen LogP contribution in [0.15, 0.2) is 76.0 Å². The van der Waals surface area contributed by atoms with Gasteiger partial charge in [-0.05, 0) is 101 Å². The molecule has 0 bridgehead atoms. The van der Waals surface area contributed by atoms with Crippen molar-refractivity contribution < 1.29 is 28.1 Å². The van der Waals surface area contributed by atoms with Gasteiger partial charge in [-0.1, -0.05) is 29.8 Å². The molecule has 3 aromatic rings. The highest BCUT2D eigenvalue weighted by atomic mass is 35.5. The van der Waals surface area contributed by atoms with Gasteiger partial charge in [0.1, 0.15) is 11.2 Å². The zero-order chi connectivity index (χ0) is 30.6. The third kappa shape index (κ3) is 9.61.